The van der Waals surface area contributed by atoms with Crippen LogP contribution in [0.3, 0.4) is 0 Å². The number of ether oxygens (including phenoxy) is 1. The second kappa shape index (κ2) is 5.30. The summed E-state index contributed by atoms with van der Waals surface area (Å²) >= 11 is 14.6. The van der Waals surface area contributed by atoms with Crippen molar-refractivity contribution in [2.75, 3.05) is 5.73 Å². The zero-order valence-electron chi connectivity index (χ0n) is 8.75. The lowest BCUT2D eigenvalue weighted by atomic mass is 10.3. The van der Waals surface area contributed by atoms with Gasteiger partial charge in [-0.05, 0) is 34.1 Å². The van der Waals surface area contributed by atoms with Crippen LogP contribution in [0.25, 0.3) is 0 Å². The molecule has 18 heavy (non-hydrogen) atoms. The smallest absolute Gasteiger partial charge is 0.244 e. The highest BCUT2D eigenvalue weighted by atomic mass is 79.9. The Hall–Kier alpha value is -1.04. The number of pyridine rings is 1. The molecule has 0 aliphatic rings. The summed E-state index contributed by atoms with van der Waals surface area (Å²) in [5, 5.41) is 0.214. The fourth-order valence-corrected chi connectivity index (χ4v) is 2.06. The number of hydrogen-bond donors (Lipinski definition) is 1. The molecule has 2 rings (SSSR count). The van der Waals surface area contributed by atoms with Gasteiger partial charge in [-0.25, -0.2) is 4.39 Å². The van der Waals surface area contributed by atoms with E-state index in [0.29, 0.717) is 10.2 Å². The molecule has 0 atom stereocenters. The van der Waals surface area contributed by atoms with Crippen molar-refractivity contribution in [3.05, 3.63) is 44.7 Å². The van der Waals surface area contributed by atoms with Crippen LogP contribution in [0.4, 0.5) is 10.1 Å². The summed E-state index contributed by atoms with van der Waals surface area (Å²) in [6.07, 6.45) is 0. The second-order valence-corrected chi connectivity index (χ2v) is 4.98. The molecule has 0 saturated heterocycles. The van der Waals surface area contributed by atoms with Gasteiger partial charge in [0.25, 0.3) is 0 Å². The fourth-order valence-electron chi connectivity index (χ4n) is 1.20. The Labute approximate surface area is 121 Å². The number of benzene rings is 1. The van der Waals surface area contributed by atoms with Gasteiger partial charge < -0.3 is 10.5 Å². The van der Waals surface area contributed by atoms with Gasteiger partial charge in [-0.2, -0.15) is 4.98 Å². The van der Waals surface area contributed by atoms with Crippen LogP contribution in [0, 0.1) is 5.82 Å². The SMILES string of the molecule is Nc1ccc(Cl)nc1Oc1cc(F)c(Cl)cc1Br. The molecule has 0 aliphatic heterocycles. The zero-order valence-corrected chi connectivity index (χ0v) is 11.9. The molecule has 2 N–H and O–H groups in total. The number of rotatable bonds is 2. The van der Waals surface area contributed by atoms with Gasteiger partial charge >= 0.3 is 0 Å². The molecular weight excluding hydrogens is 346 g/mol. The third-order valence-corrected chi connectivity index (χ3v) is 3.16. The predicted molar refractivity (Wildman–Crippen MR) is 72.8 cm³/mol. The van der Waals surface area contributed by atoms with Crippen LogP contribution in [0.2, 0.25) is 10.2 Å². The first-order chi connectivity index (χ1) is 8.47. The summed E-state index contributed by atoms with van der Waals surface area (Å²) in [7, 11) is 0. The minimum absolute atomic E-state index is 0.0127. The maximum atomic E-state index is 13.3. The van der Waals surface area contributed by atoms with Crippen LogP contribution >= 0.6 is 39.1 Å². The van der Waals surface area contributed by atoms with Crippen LogP contribution in [0.15, 0.2) is 28.7 Å². The summed E-state index contributed by atoms with van der Waals surface area (Å²) in [6.45, 7) is 0. The van der Waals surface area contributed by atoms with Crippen molar-refractivity contribution >= 4 is 44.8 Å². The maximum Gasteiger partial charge on any atom is 0.244 e. The molecule has 0 aliphatic carbocycles. The van der Waals surface area contributed by atoms with Crippen LogP contribution in [-0.4, -0.2) is 4.98 Å². The van der Waals surface area contributed by atoms with Crippen molar-refractivity contribution in [1.29, 1.82) is 0 Å². The van der Waals surface area contributed by atoms with E-state index in [4.69, 9.17) is 33.7 Å². The largest absolute Gasteiger partial charge is 0.436 e. The van der Waals surface area contributed by atoms with Crippen molar-refractivity contribution in [1.82, 2.24) is 4.98 Å². The summed E-state index contributed by atoms with van der Waals surface area (Å²) in [5.74, 6) is -0.293. The van der Waals surface area contributed by atoms with Crippen molar-refractivity contribution < 1.29 is 9.13 Å². The molecule has 1 aromatic heterocycles. The number of anilines is 1. The van der Waals surface area contributed by atoms with E-state index in [0.717, 1.165) is 6.07 Å². The number of hydrogen-bond acceptors (Lipinski definition) is 3. The summed E-state index contributed by atoms with van der Waals surface area (Å²) in [4.78, 5) is 3.90. The standard InChI is InChI=1S/C11H6BrCl2FN2O/c12-5-3-6(13)7(15)4-9(5)18-11-8(16)1-2-10(14)17-11/h1-4H,16H2. The Balaban J connectivity index is 2.40. The molecule has 0 spiro atoms. The highest BCUT2D eigenvalue weighted by Crippen LogP contribution is 2.35. The lowest BCUT2D eigenvalue weighted by Gasteiger charge is -2.09. The van der Waals surface area contributed by atoms with E-state index in [1.807, 2.05) is 0 Å². The second-order valence-electron chi connectivity index (χ2n) is 3.33. The van der Waals surface area contributed by atoms with Gasteiger partial charge in [0.15, 0.2) is 0 Å². The van der Waals surface area contributed by atoms with E-state index >= 15 is 0 Å². The third-order valence-electron chi connectivity index (χ3n) is 2.04. The number of nitrogens with zero attached hydrogens (tertiary/aromatic N) is 1. The molecular formula is C11H6BrCl2FN2O. The maximum absolute atomic E-state index is 13.3. The van der Waals surface area contributed by atoms with E-state index in [9.17, 15) is 4.39 Å². The first kappa shape index (κ1) is 13.4. The van der Waals surface area contributed by atoms with E-state index < -0.39 is 5.82 Å². The Morgan fingerprint density at radius 2 is 2.00 bits per heavy atom. The van der Waals surface area contributed by atoms with Gasteiger partial charge in [-0.3, -0.25) is 0 Å². The number of nitrogen functional groups attached to an aromatic ring is 1. The highest BCUT2D eigenvalue weighted by molar-refractivity contribution is 9.10. The van der Waals surface area contributed by atoms with E-state index in [1.54, 1.807) is 6.07 Å². The molecule has 3 nitrogen and oxygen atoms in total. The van der Waals surface area contributed by atoms with Crippen molar-refractivity contribution in [2.45, 2.75) is 0 Å². The Morgan fingerprint density at radius 3 is 2.72 bits per heavy atom. The Morgan fingerprint density at radius 1 is 1.28 bits per heavy atom. The van der Waals surface area contributed by atoms with Crippen molar-refractivity contribution in [3.63, 3.8) is 0 Å². The monoisotopic (exact) mass is 350 g/mol. The molecule has 0 amide bonds. The first-order valence-corrected chi connectivity index (χ1v) is 6.26. The van der Waals surface area contributed by atoms with Crippen molar-refractivity contribution in [3.8, 4) is 11.6 Å². The van der Waals surface area contributed by atoms with Gasteiger partial charge in [-0.1, -0.05) is 23.2 Å². The minimum atomic E-state index is -0.601. The third kappa shape index (κ3) is 2.85. The minimum Gasteiger partial charge on any atom is -0.436 e. The van der Waals surface area contributed by atoms with Crippen molar-refractivity contribution in [2.24, 2.45) is 0 Å². The molecule has 0 bridgehead atoms. The molecule has 1 aromatic carbocycles. The van der Waals surface area contributed by atoms with Gasteiger partial charge in [0.1, 0.15) is 16.7 Å². The Kier molecular flexibility index (Phi) is 3.94. The molecule has 2 aromatic rings. The summed E-state index contributed by atoms with van der Waals surface area (Å²) in [6, 6.07) is 5.59. The number of nitrogens with two attached hydrogens (primary N) is 1. The van der Waals surface area contributed by atoms with Gasteiger partial charge in [0, 0.05) is 6.07 Å². The summed E-state index contributed by atoms with van der Waals surface area (Å²) < 4.78 is 19.2. The van der Waals surface area contributed by atoms with E-state index in [-0.39, 0.29) is 21.8 Å². The molecule has 0 radical (unpaired) electrons. The molecule has 0 saturated carbocycles. The van der Waals surface area contributed by atoms with Crippen LogP contribution < -0.4 is 10.5 Å². The number of aromatic nitrogens is 1. The number of halogens is 4. The topological polar surface area (TPSA) is 48.1 Å². The molecule has 0 fully saturated rings. The fraction of sp³-hybridized carbons (Fsp3) is 0. The lowest BCUT2D eigenvalue weighted by molar-refractivity contribution is 0.458. The summed E-state index contributed by atoms with van der Waals surface area (Å²) in [5.41, 5.74) is 5.97. The Bertz CT molecular complexity index is 610. The van der Waals surface area contributed by atoms with Crippen LogP contribution in [0.5, 0.6) is 11.6 Å². The molecule has 0 unspecified atom stereocenters. The van der Waals surface area contributed by atoms with Crippen LogP contribution in [0.1, 0.15) is 0 Å². The van der Waals surface area contributed by atoms with Gasteiger partial charge in [0.2, 0.25) is 5.88 Å². The van der Waals surface area contributed by atoms with E-state index in [2.05, 4.69) is 20.9 Å². The normalized spacial score (nSPS) is 10.4. The molecule has 94 valence electrons. The van der Waals surface area contributed by atoms with Crippen LogP contribution in [-0.2, 0) is 0 Å². The van der Waals surface area contributed by atoms with E-state index in [1.165, 1.54) is 12.1 Å². The zero-order chi connectivity index (χ0) is 13.3. The first-order valence-electron chi connectivity index (χ1n) is 4.72. The van der Waals surface area contributed by atoms with Gasteiger partial charge in [-0.15, -0.1) is 0 Å². The average molecular weight is 352 g/mol. The lowest BCUT2D eigenvalue weighted by Crippen LogP contribution is -1.96. The molecule has 1 heterocycles. The molecule has 7 heteroatoms. The van der Waals surface area contributed by atoms with Gasteiger partial charge in [0.05, 0.1) is 15.2 Å². The highest BCUT2D eigenvalue weighted by Gasteiger charge is 2.11. The predicted octanol–water partition coefficient (Wildman–Crippen LogP) is 4.66. The quantitative estimate of drug-likeness (QED) is 0.632. The average Bonchev–Trinajstić information content (AvgIpc) is 2.30.